The number of ether oxygens (including phenoxy) is 3. The number of benzene rings is 1. The maximum Gasteiger partial charge on any atom is 0.387 e. The molecule has 0 bridgehead atoms. The van der Waals surface area contributed by atoms with Crippen LogP contribution in [-0.4, -0.2) is 42.2 Å². The van der Waals surface area contributed by atoms with Crippen LogP contribution in [0.5, 0.6) is 11.5 Å². The molecule has 0 unspecified atom stereocenters. The highest BCUT2D eigenvalue weighted by atomic mass is 28.3. The van der Waals surface area contributed by atoms with Crippen LogP contribution in [0.25, 0.3) is 22.2 Å². The fourth-order valence-corrected chi connectivity index (χ4v) is 5.14. The molecular formula is C27H37F2N3O4Si. The van der Waals surface area contributed by atoms with E-state index in [1.54, 1.807) is 18.3 Å². The molecule has 0 spiro atoms. The minimum Gasteiger partial charge on any atom is -0.487 e. The third-order valence-corrected chi connectivity index (χ3v) is 8.19. The number of fused-ring (bicyclic) bond motifs is 1. The van der Waals surface area contributed by atoms with Crippen LogP contribution >= 0.6 is 0 Å². The number of hydrogen-bond donors (Lipinski definition) is 1. The summed E-state index contributed by atoms with van der Waals surface area (Å²) in [4.78, 5) is 13.0. The molecule has 37 heavy (non-hydrogen) atoms. The van der Waals surface area contributed by atoms with Crippen molar-refractivity contribution >= 4 is 19.0 Å². The summed E-state index contributed by atoms with van der Waals surface area (Å²) in [7, 11) is -1.28. The molecule has 0 atom stereocenters. The number of nitrogens with one attached hydrogen (secondary N) is 1. The SMILES string of the molecule is CCCCCc1c(-c2ccc(OC(F)F)c(OC3CC3)c2)n(COCC[Si](C)(C)C)c2cn[nH]c(=O)c12. The van der Waals surface area contributed by atoms with Crippen LogP contribution in [0.2, 0.25) is 25.7 Å². The lowest BCUT2D eigenvalue weighted by Gasteiger charge is -2.18. The average Bonchev–Trinajstić information content (AvgIpc) is 3.58. The van der Waals surface area contributed by atoms with Gasteiger partial charge in [0.25, 0.3) is 5.56 Å². The summed E-state index contributed by atoms with van der Waals surface area (Å²) in [5.41, 5.74) is 2.92. The summed E-state index contributed by atoms with van der Waals surface area (Å²) < 4.78 is 45.0. The van der Waals surface area contributed by atoms with Gasteiger partial charge in [-0.25, -0.2) is 5.10 Å². The third-order valence-electron chi connectivity index (χ3n) is 6.48. The second-order valence-electron chi connectivity index (χ2n) is 10.9. The number of aromatic nitrogens is 3. The average molecular weight is 534 g/mol. The van der Waals surface area contributed by atoms with Crippen LogP contribution in [0.3, 0.4) is 0 Å². The van der Waals surface area contributed by atoms with E-state index in [1.165, 1.54) is 6.07 Å². The van der Waals surface area contributed by atoms with E-state index in [0.717, 1.165) is 55.0 Å². The number of rotatable bonds is 14. The number of unbranched alkanes of at least 4 members (excludes halogenated alkanes) is 2. The maximum absolute atomic E-state index is 13.1. The van der Waals surface area contributed by atoms with E-state index in [4.69, 9.17) is 14.2 Å². The Morgan fingerprint density at radius 2 is 1.97 bits per heavy atom. The second kappa shape index (κ2) is 11.8. The largest absolute Gasteiger partial charge is 0.487 e. The van der Waals surface area contributed by atoms with Gasteiger partial charge >= 0.3 is 6.61 Å². The molecule has 1 saturated carbocycles. The van der Waals surface area contributed by atoms with Gasteiger partial charge in [0.1, 0.15) is 6.73 Å². The lowest BCUT2D eigenvalue weighted by Crippen LogP contribution is -2.22. The molecule has 10 heteroatoms. The van der Waals surface area contributed by atoms with Crippen LogP contribution in [-0.2, 0) is 17.9 Å². The van der Waals surface area contributed by atoms with Crippen molar-refractivity contribution in [3.63, 3.8) is 0 Å². The Balaban J connectivity index is 1.82. The van der Waals surface area contributed by atoms with Crippen LogP contribution in [0.1, 0.15) is 44.6 Å². The summed E-state index contributed by atoms with van der Waals surface area (Å²) in [6, 6.07) is 6.03. The van der Waals surface area contributed by atoms with Crippen molar-refractivity contribution in [2.75, 3.05) is 6.61 Å². The smallest absolute Gasteiger partial charge is 0.387 e. The van der Waals surface area contributed by atoms with E-state index in [1.807, 2.05) is 4.57 Å². The fraction of sp³-hybridized carbons (Fsp3) is 0.556. The number of halogens is 2. The molecule has 7 nitrogen and oxygen atoms in total. The van der Waals surface area contributed by atoms with Crippen LogP contribution < -0.4 is 15.0 Å². The minimum absolute atomic E-state index is 0.00194. The highest BCUT2D eigenvalue weighted by Crippen LogP contribution is 2.40. The van der Waals surface area contributed by atoms with E-state index < -0.39 is 14.7 Å². The van der Waals surface area contributed by atoms with Gasteiger partial charge in [0.2, 0.25) is 0 Å². The van der Waals surface area contributed by atoms with Crippen molar-refractivity contribution < 1.29 is 23.0 Å². The Hall–Kier alpha value is -2.72. The lowest BCUT2D eigenvalue weighted by molar-refractivity contribution is -0.0516. The summed E-state index contributed by atoms with van der Waals surface area (Å²) in [6.07, 6.45) is 7.11. The van der Waals surface area contributed by atoms with Gasteiger partial charge in [0.15, 0.2) is 11.5 Å². The molecule has 1 aliphatic rings. The molecule has 0 radical (unpaired) electrons. The summed E-state index contributed by atoms with van der Waals surface area (Å²) in [5, 5.41) is 7.23. The second-order valence-corrected chi connectivity index (χ2v) is 16.5. The molecule has 202 valence electrons. The van der Waals surface area contributed by atoms with Gasteiger partial charge in [0, 0.05) is 20.2 Å². The predicted octanol–water partition coefficient (Wildman–Crippen LogP) is 6.58. The standard InChI is InChI=1S/C27H37F2N3O4Si/c1-5-6-7-8-20-24-21(16-30-31-26(24)33)32(17-34-13-14-37(2,3)4)25(20)18-9-12-22(36-27(28)29)23(15-18)35-19-10-11-19/h9,12,15-16,19,27H,5-8,10-11,13-14,17H2,1-4H3,(H,31,33). The first kappa shape index (κ1) is 27.3. The molecule has 4 rings (SSSR count). The molecular weight excluding hydrogens is 496 g/mol. The van der Waals surface area contributed by atoms with Crippen LogP contribution in [0.15, 0.2) is 29.2 Å². The van der Waals surface area contributed by atoms with Gasteiger partial charge in [-0.1, -0.05) is 39.4 Å². The molecule has 1 aromatic carbocycles. The molecule has 0 saturated heterocycles. The Morgan fingerprint density at radius 3 is 2.65 bits per heavy atom. The number of aromatic amines is 1. The van der Waals surface area contributed by atoms with E-state index in [0.29, 0.717) is 23.9 Å². The first-order chi connectivity index (χ1) is 17.7. The molecule has 1 N–H and O–H groups in total. The Bertz CT molecular complexity index is 1260. The third kappa shape index (κ3) is 6.98. The first-order valence-electron chi connectivity index (χ1n) is 13.1. The van der Waals surface area contributed by atoms with Crippen molar-refractivity contribution in [3.8, 4) is 22.8 Å². The molecule has 1 fully saturated rings. The predicted molar refractivity (Wildman–Crippen MR) is 143 cm³/mol. The normalized spacial score (nSPS) is 14.0. The Labute approximate surface area is 217 Å². The number of H-pyrrole nitrogens is 1. The summed E-state index contributed by atoms with van der Waals surface area (Å²) in [6.45, 7) is 6.95. The summed E-state index contributed by atoms with van der Waals surface area (Å²) >= 11 is 0. The molecule has 1 aliphatic carbocycles. The van der Waals surface area contributed by atoms with E-state index in [9.17, 15) is 13.6 Å². The van der Waals surface area contributed by atoms with Gasteiger partial charge in [-0.15, -0.1) is 0 Å². The van der Waals surface area contributed by atoms with Gasteiger partial charge in [0.05, 0.1) is 28.9 Å². The lowest BCUT2D eigenvalue weighted by atomic mass is 10.00. The van der Waals surface area contributed by atoms with Crippen molar-refractivity contribution in [1.82, 2.24) is 14.8 Å². The van der Waals surface area contributed by atoms with Gasteiger partial charge in [-0.05, 0) is 55.5 Å². The van der Waals surface area contributed by atoms with Crippen molar-refractivity contribution in [3.05, 3.63) is 40.3 Å². The molecule has 3 aromatic rings. The number of nitrogens with zero attached hydrogens (tertiary/aromatic N) is 2. The molecule has 2 aromatic heterocycles. The fourth-order valence-electron chi connectivity index (χ4n) is 4.39. The van der Waals surface area contributed by atoms with E-state index in [2.05, 4.69) is 36.8 Å². The van der Waals surface area contributed by atoms with Crippen molar-refractivity contribution in [2.24, 2.45) is 0 Å². The highest BCUT2D eigenvalue weighted by molar-refractivity contribution is 6.76. The van der Waals surface area contributed by atoms with Gasteiger partial charge in [-0.3, -0.25) is 4.79 Å². The Kier molecular flexibility index (Phi) is 8.69. The number of aryl methyl sites for hydroxylation is 1. The molecule has 2 heterocycles. The van der Waals surface area contributed by atoms with E-state index >= 15 is 0 Å². The zero-order valence-electron chi connectivity index (χ0n) is 22.1. The quantitative estimate of drug-likeness (QED) is 0.187. The molecule has 0 amide bonds. The highest BCUT2D eigenvalue weighted by Gasteiger charge is 2.27. The van der Waals surface area contributed by atoms with Crippen molar-refractivity contribution in [2.45, 2.75) is 90.6 Å². The number of alkyl halides is 2. The van der Waals surface area contributed by atoms with Crippen LogP contribution in [0, 0.1) is 0 Å². The molecule has 0 aliphatic heterocycles. The van der Waals surface area contributed by atoms with E-state index in [-0.39, 0.29) is 29.9 Å². The first-order valence-corrected chi connectivity index (χ1v) is 16.8. The van der Waals surface area contributed by atoms with Crippen molar-refractivity contribution in [1.29, 1.82) is 0 Å². The van der Waals surface area contributed by atoms with Gasteiger partial charge in [-0.2, -0.15) is 13.9 Å². The zero-order valence-corrected chi connectivity index (χ0v) is 23.1. The van der Waals surface area contributed by atoms with Gasteiger partial charge < -0.3 is 18.8 Å². The van der Waals surface area contributed by atoms with Crippen LogP contribution in [0.4, 0.5) is 8.78 Å². The summed E-state index contributed by atoms with van der Waals surface area (Å²) in [5.74, 6) is 0.287. The minimum atomic E-state index is -2.95. The Morgan fingerprint density at radius 1 is 1.19 bits per heavy atom. The zero-order chi connectivity index (χ0) is 26.6. The monoisotopic (exact) mass is 533 g/mol. The maximum atomic E-state index is 13.1. The number of hydrogen-bond acceptors (Lipinski definition) is 5. The topological polar surface area (TPSA) is 78.4 Å².